The van der Waals surface area contributed by atoms with E-state index in [2.05, 4.69) is 24.1 Å². The Labute approximate surface area is 91.5 Å². The zero-order valence-corrected chi connectivity index (χ0v) is 9.53. The number of nitrogens with zero attached hydrogens (tertiary/aromatic N) is 1. The second-order valence-corrected chi connectivity index (χ2v) is 4.25. The van der Waals surface area contributed by atoms with Gasteiger partial charge in [0.1, 0.15) is 0 Å². The molecule has 2 N–H and O–H groups in total. The Morgan fingerprint density at radius 2 is 2.27 bits per heavy atom. The van der Waals surface area contributed by atoms with Crippen LogP contribution in [0.4, 0.5) is 0 Å². The topological polar surface area (TPSA) is 45.1 Å². The first-order valence-corrected chi connectivity index (χ1v) is 5.42. The smallest absolute Gasteiger partial charge is 0.0541 e. The van der Waals surface area contributed by atoms with Crippen LogP contribution < -0.4 is 5.32 Å². The van der Waals surface area contributed by atoms with E-state index >= 15 is 0 Å². The van der Waals surface area contributed by atoms with Crippen LogP contribution in [-0.2, 0) is 6.54 Å². The summed E-state index contributed by atoms with van der Waals surface area (Å²) in [5.74, 6) is 0. The highest BCUT2D eigenvalue weighted by atomic mass is 16.3. The van der Waals surface area contributed by atoms with Crippen LogP contribution in [0.5, 0.6) is 0 Å². The van der Waals surface area contributed by atoms with Crippen molar-refractivity contribution in [1.29, 1.82) is 0 Å². The lowest BCUT2D eigenvalue weighted by molar-refractivity contribution is 0.135. The molecule has 0 aliphatic heterocycles. The minimum atomic E-state index is -0.0191. The molecule has 0 aliphatic rings. The maximum Gasteiger partial charge on any atom is 0.0541 e. The maximum absolute atomic E-state index is 9.23. The number of hydrogen-bond acceptors (Lipinski definition) is 3. The van der Waals surface area contributed by atoms with Crippen LogP contribution in [0, 0.1) is 5.41 Å². The highest BCUT2D eigenvalue weighted by Gasteiger charge is 2.19. The largest absolute Gasteiger partial charge is 0.396 e. The van der Waals surface area contributed by atoms with Crippen molar-refractivity contribution in [3.8, 4) is 0 Å². The number of aromatic nitrogens is 1. The summed E-state index contributed by atoms with van der Waals surface area (Å²) in [7, 11) is 0. The predicted molar refractivity (Wildman–Crippen MR) is 61.4 cm³/mol. The lowest BCUT2D eigenvalue weighted by atomic mass is 9.89. The Morgan fingerprint density at radius 1 is 1.47 bits per heavy atom. The fourth-order valence-electron chi connectivity index (χ4n) is 1.29. The van der Waals surface area contributed by atoms with E-state index in [0.29, 0.717) is 0 Å². The molecule has 0 saturated carbocycles. The van der Waals surface area contributed by atoms with E-state index in [1.54, 1.807) is 6.20 Å². The molecular weight excluding hydrogens is 188 g/mol. The molecule has 0 fully saturated rings. The zero-order valence-electron chi connectivity index (χ0n) is 9.53. The van der Waals surface area contributed by atoms with Gasteiger partial charge in [-0.05, 0) is 18.6 Å². The number of rotatable bonds is 6. The molecule has 15 heavy (non-hydrogen) atoms. The number of nitrogens with one attached hydrogen (secondary N) is 1. The normalized spacial score (nSPS) is 14.9. The van der Waals surface area contributed by atoms with Crippen molar-refractivity contribution in [3.05, 3.63) is 30.1 Å². The fraction of sp³-hybridized carbons (Fsp3) is 0.583. The molecule has 0 saturated heterocycles. The Hall–Kier alpha value is -0.930. The molecule has 0 amide bonds. The molecule has 0 aliphatic carbocycles. The molecule has 1 heterocycles. The van der Waals surface area contributed by atoms with Gasteiger partial charge in [0.2, 0.25) is 0 Å². The average molecular weight is 208 g/mol. The highest BCUT2D eigenvalue weighted by molar-refractivity contribution is 5.02. The van der Waals surface area contributed by atoms with E-state index < -0.39 is 0 Å². The third-order valence-corrected chi connectivity index (χ3v) is 2.82. The summed E-state index contributed by atoms with van der Waals surface area (Å²) in [6.07, 6.45) is 2.76. The summed E-state index contributed by atoms with van der Waals surface area (Å²) >= 11 is 0. The molecule has 3 nitrogen and oxygen atoms in total. The van der Waals surface area contributed by atoms with Crippen molar-refractivity contribution in [2.24, 2.45) is 5.41 Å². The molecule has 1 unspecified atom stereocenters. The number of aliphatic hydroxyl groups is 1. The Balaban J connectivity index is 2.33. The summed E-state index contributed by atoms with van der Waals surface area (Å²) in [6, 6.07) is 5.89. The Bertz CT molecular complexity index is 270. The van der Waals surface area contributed by atoms with Gasteiger partial charge in [-0.2, -0.15) is 0 Å². The molecule has 1 aromatic heterocycles. The summed E-state index contributed by atoms with van der Waals surface area (Å²) in [4.78, 5) is 4.22. The van der Waals surface area contributed by atoms with Crippen LogP contribution in [0.1, 0.15) is 26.0 Å². The second-order valence-electron chi connectivity index (χ2n) is 4.25. The molecule has 84 valence electrons. The highest BCUT2D eigenvalue weighted by Crippen LogP contribution is 2.18. The van der Waals surface area contributed by atoms with E-state index in [4.69, 9.17) is 0 Å². The number of hydrogen-bond donors (Lipinski definition) is 2. The van der Waals surface area contributed by atoms with E-state index in [0.717, 1.165) is 25.2 Å². The van der Waals surface area contributed by atoms with Gasteiger partial charge in [0, 0.05) is 31.3 Å². The number of pyridine rings is 1. The standard InChI is InChI=1S/C12H20N2O/c1-3-12(2,10-15)9-13-8-11-6-4-5-7-14-11/h4-7,13,15H,3,8-10H2,1-2H3. The van der Waals surface area contributed by atoms with Crippen molar-refractivity contribution >= 4 is 0 Å². The first kappa shape index (κ1) is 12.1. The Kier molecular flexibility index (Phi) is 4.72. The molecule has 0 aromatic carbocycles. The lowest BCUT2D eigenvalue weighted by Gasteiger charge is -2.25. The van der Waals surface area contributed by atoms with E-state index in [1.165, 1.54) is 0 Å². The first-order chi connectivity index (χ1) is 7.20. The average Bonchev–Trinajstić information content (AvgIpc) is 2.30. The van der Waals surface area contributed by atoms with Crippen LogP contribution in [0.3, 0.4) is 0 Å². The quantitative estimate of drug-likeness (QED) is 0.746. The SMILES string of the molecule is CCC(C)(CO)CNCc1ccccn1. The van der Waals surface area contributed by atoms with Gasteiger partial charge < -0.3 is 10.4 Å². The molecule has 1 aromatic rings. The predicted octanol–water partition coefficient (Wildman–Crippen LogP) is 1.58. The van der Waals surface area contributed by atoms with Crippen molar-refractivity contribution in [2.45, 2.75) is 26.8 Å². The van der Waals surface area contributed by atoms with Gasteiger partial charge in [-0.1, -0.05) is 19.9 Å². The Morgan fingerprint density at radius 3 is 2.80 bits per heavy atom. The van der Waals surface area contributed by atoms with E-state index in [-0.39, 0.29) is 12.0 Å². The molecule has 1 atom stereocenters. The molecule has 0 spiro atoms. The van der Waals surface area contributed by atoms with Gasteiger partial charge in [-0.15, -0.1) is 0 Å². The lowest BCUT2D eigenvalue weighted by Crippen LogP contribution is -2.34. The molecule has 0 bridgehead atoms. The maximum atomic E-state index is 9.23. The van der Waals surface area contributed by atoms with Gasteiger partial charge in [0.05, 0.1) is 5.69 Å². The van der Waals surface area contributed by atoms with Crippen LogP contribution in [0.25, 0.3) is 0 Å². The van der Waals surface area contributed by atoms with Crippen molar-refractivity contribution < 1.29 is 5.11 Å². The van der Waals surface area contributed by atoms with Gasteiger partial charge in [-0.3, -0.25) is 4.98 Å². The van der Waals surface area contributed by atoms with Gasteiger partial charge in [-0.25, -0.2) is 0 Å². The second kappa shape index (κ2) is 5.83. The number of aliphatic hydroxyl groups excluding tert-OH is 1. The van der Waals surface area contributed by atoms with Crippen molar-refractivity contribution in [1.82, 2.24) is 10.3 Å². The van der Waals surface area contributed by atoms with Gasteiger partial charge in [0.15, 0.2) is 0 Å². The van der Waals surface area contributed by atoms with Crippen LogP contribution in [0.2, 0.25) is 0 Å². The minimum absolute atomic E-state index is 0.0191. The van der Waals surface area contributed by atoms with Crippen molar-refractivity contribution in [2.75, 3.05) is 13.2 Å². The summed E-state index contributed by atoms with van der Waals surface area (Å²) in [6.45, 7) is 5.98. The van der Waals surface area contributed by atoms with E-state index in [1.807, 2.05) is 18.2 Å². The summed E-state index contributed by atoms with van der Waals surface area (Å²) in [5, 5.41) is 12.5. The van der Waals surface area contributed by atoms with Crippen LogP contribution in [0.15, 0.2) is 24.4 Å². The van der Waals surface area contributed by atoms with E-state index in [9.17, 15) is 5.11 Å². The molecule has 3 heteroatoms. The zero-order chi connectivity index (χ0) is 11.1. The molecule has 0 radical (unpaired) electrons. The summed E-state index contributed by atoms with van der Waals surface area (Å²) in [5.41, 5.74) is 1.02. The fourth-order valence-corrected chi connectivity index (χ4v) is 1.29. The van der Waals surface area contributed by atoms with Crippen LogP contribution >= 0.6 is 0 Å². The van der Waals surface area contributed by atoms with Gasteiger partial charge >= 0.3 is 0 Å². The third kappa shape index (κ3) is 3.98. The third-order valence-electron chi connectivity index (χ3n) is 2.82. The van der Waals surface area contributed by atoms with Crippen molar-refractivity contribution in [3.63, 3.8) is 0 Å². The summed E-state index contributed by atoms with van der Waals surface area (Å²) < 4.78 is 0. The van der Waals surface area contributed by atoms with Gasteiger partial charge in [0.25, 0.3) is 0 Å². The van der Waals surface area contributed by atoms with Crippen LogP contribution in [-0.4, -0.2) is 23.2 Å². The molecular formula is C12H20N2O. The first-order valence-electron chi connectivity index (χ1n) is 5.42. The monoisotopic (exact) mass is 208 g/mol. The minimum Gasteiger partial charge on any atom is -0.396 e. The molecule has 1 rings (SSSR count).